The number of nitrogens with two attached hydrogens (primary N) is 1. The lowest BCUT2D eigenvalue weighted by atomic mass is 10.3. The first-order valence-electron chi connectivity index (χ1n) is 4.64. The highest BCUT2D eigenvalue weighted by molar-refractivity contribution is 6.37. The fourth-order valence-corrected chi connectivity index (χ4v) is 1.59. The van der Waals surface area contributed by atoms with E-state index in [1.54, 1.807) is 18.2 Å². The van der Waals surface area contributed by atoms with Gasteiger partial charge in [-0.3, -0.25) is 0 Å². The Morgan fingerprint density at radius 3 is 2.27 bits per heavy atom. The van der Waals surface area contributed by atoms with E-state index in [0.717, 1.165) is 12.8 Å². The first-order chi connectivity index (χ1) is 7.25. The third kappa shape index (κ3) is 4.26. The molecule has 0 aromatic heterocycles. The third-order valence-corrected chi connectivity index (χ3v) is 2.42. The second kappa shape index (κ2) is 6.90. The van der Waals surface area contributed by atoms with Crippen LogP contribution in [0.2, 0.25) is 10.0 Å². The van der Waals surface area contributed by atoms with Gasteiger partial charge in [-0.1, -0.05) is 29.3 Å². The van der Waals surface area contributed by atoms with Crippen LogP contribution in [-0.4, -0.2) is 13.2 Å². The quantitative estimate of drug-likeness (QED) is 0.623. The standard InChI is InChI=1S/C10H13Cl2NO2/c11-8-4-3-5-9(12)10(8)14-6-1-2-7-15-13/h3-5H,1-2,6-7,13H2. The molecule has 0 aliphatic carbocycles. The van der Waals surface area contributed by atoms with Gasteiger partial charge in [-0.15, -0.1) is 0 Å². The van der Waals surface area contributed by atoms with E-state index in [1.807, 2.05) is 0 Å². The molecule has 1 aromatic carbocycles. The van der Waals surface area contributed by atoms with Crippen LogP contribution < -0.4 is 10.6 Å². The maximum absolute atomic E-state index is 5.92. The largest absolute Gasteiger partial charge is 0.490 e. The fraction of sp³-hybridized carbons (Fsp3) is 0.400. The van der Waals surface area contributed by atoms with Gasteiger partial charge in [-0.25, -0.2) is 5.90 Å². The van der Waals surface area contributed by atoms with Gasteiger partial charge in [0.05, 0.1) is 23.3 Å². The molecular formula is C10H13Cl2NO2. The van der Waals surface area contributed by atoms with E-state index in [1.165, 1.54) is 0 Å². The van der Waals surface area contributed by atoms with Crippen LogP contribution in [0.3, 0.4) is 0 Å². The van der Waals surface area contributed by atoms with Gasteiger partial charge in [0, 0.05) is 0 Å². The molecule has 3 nitrogen and oxygen atoms in total. The lowest BCUT2D eigenvalue weighted by Crippen LogP contribution is -2.04. The van der Waals surface area contributed by atoms with Crippen LogP contribution >= 0.6 is 23.2 Å². The van der Waals surface area contributed by atoms with Crippen molar-refractivity contribution in [1.82, 2.24) is 0 Å². The molecule has 5 heteroatoms. The van der Waals surface area contributed by atoms with Gasteiger partial charge in [-0.2, -0.15) is 0 Å². The maximum atomic E-state index is 5.92. The van der Waals surface area contributed by atoms with Crippen molar-refractivity contribution in [3.8, 4) is 5.75 Å². The van der Waals surface area contributed by atoms with E-state index < -0.39 is 0 Å². The van der Waals surface area contributed by atoms with Crippen LogP contribution in [0.25, 0.3) is 0 Å². The average molecular weight is 250 g/mol. The Balaban J connectivity index is 2.37. The number of hydrogen-bond donors (Lipinski definition) is 1. The zero-order chi connectivity index (χ0) is 11.1. The molecular weight excluding hydrogens is 237 g/mol. The van der Waals surface area contributed by atoms with Crippen LogP contribution in [-0.2, 0) is 4.84 Å². The molecule has 0 aliphatic rings. The summed E-state index contributed by atoms with van der Waals surface area (Å²) in [5.74, 6) is 5.42. The molecule has 0 saturated carbocycles. The Labute approximate surface area is 99.0 Å². The van der Waals surface area contributed by atoms with E-state index in [9.17, 15) is 0 Å². The molecule has 0 amide bonds. The molecule has 1 aromatic rings. The molecule has 0 atom stereocenters. The summed E-state index contributed by atoms with van der Waals surface area (Å²) in [5.41, 5.74) is 0. The molecule has 84 valence electrons. The third-order valence-electron chi connectivity index (χ3n) is 1.82. The van der Waals surface area contributed by atoms with Gasteiger partial charge in [0.1, 0.15) is 0 Å². The van der Waals surface area contributed by atoms with Crippen molar-refractivity contribution >= 4 is 23.2 Å². The number of halogens is 2. The topological polar surface area (TPSA) is 44.5 Å². The summed E-state index contributed by atoms with van der Waals surface area (Å²) in [7, 11) is 0. The second-order valence-corrected chi connectivity index (χ2v) is 3.79. The lowest BCUT2D eigenvalue weighted by molar-refractivity contribution is 0.129. The van der Waals surface area contributed by atoms with Crippen LogP contribution in [0.4, 0.5) is 0 Å². The predicted molar refractivity (Wildman–Crippen MR) is 61.3 cm³/mol. The van der Waals surface area contributed by atoms with Crippen molar-refractivity contribution in [3.05, 3.63) is 28.2 Å². The van der Waals surface area contributed by atoms with Crippen molar-refractivity contribution in [2.75, 3.05) is 13.2 Å². The summed E-state index contributed by atoms with van der Waals surface area (Å²) in [5, 5.41) is 1.05. The highest BCUT2D eigenvalue weighted by Crippen LogP contribution is 2.32. The minimum atomic E-state index is 0.526. The van der Waals surface area contributed by atoms with Gasteiger partial charge in [0.15, 0.2) is 5.75 Å². The fourth-order valence-electron chi connectivity index (χ4n) is 1.08. The molecule has 2 N–H and O–H groups in total. The zero-order valence-electron chi connectivity index (χ0n) is 8.21. The van der Waals surface area contributed by atoms with Gasteiger partial charge in [-0.05, 0) is 25.0 Å². The number of rotatable bonds is 6. The van der Waals surface area contributed by atoms with Crippen molar-refractivity contribution in [2.24, 2.45) is 5.90 Å². The van der Waals surface area contributed by atoms with Gasteiger partial charge in [0.2, 0.25) is 0 Å². The number of para-hydroxylation sites is 1. The monoisotopic (exact) mass is 249 g/mol. The summed E-state index contributed by atoms with van der Waals surface area (Å²) in [4.78, 5) is 4.43. The Morgan fingerprint density at radius 1 is 1.07 bits per heavy atom. The van der Waals surface area contributed by atoms with Gasteiger partial charge in [0.25, 0.3) is 0 Å². The number of ether oxygens (including phenoxy) is 1. The predicted octanol–water partition coefficient (Wildman–Crippen LogP) is 3.04. The molecule has 0 heterocycles. The molecule has 15 heavy (non-hydrogen) atoms. The lowest BCUT2D eigenvalue weighted by Gasteiger charge is -2.09. The summed E-state index contributed by atoms with van der Waals surface area (Å²) >= 11 is 11.8. The van der Waals surface area contributed by atoms with E-state index in [4.69, 9.17) is 33.8 Å². The van der Waals surface area contributed by atoms with E-state index in [2.05, 4.69) is 4.84 Å². The van der Waals surface area contributed by atoms with E-state index in [-0.39, 0.29) is 0 Å². The summed E-state index contributed by atoms with van der Waals surface area (Å²) < 4.78 is 5.45. The van der Waals surface area contributed by atoms with E-state index in [0.29, 0.717) is 29.0 Å². The van der Waals surface area contributed by atoms with E-state index >= 15 is 0 Å². The van der Waals surface area contributed by atoms with Crippen LogP contribution in [0.15, 0.2) is 18.2 Å². The SMILES string of the molecule is NOCCCCOc1c(Cl)cccc1Cl. The molecule has 0 fully saturated rings. The minimum absolute atomic E-state index is 0.526. The zero-order valence-corrected chi connectivity index (χ0v) is 9.72. The Kier molecular flexibility index (Phi) is 5.79. The van der Waals surface area contributed by atoms with Crippen molar-refractivity contribution in [1.29, 1.82) is 0 Å². The van der Waals surface area contributed by atoms with Crippen molar-refractivity contribution in [3.63, 3.8) is 0 Å². The Morgan fingerprint density at radius 2 is 1.67 bits per heavy atom. The molecule has 0 aliphatic heterocycles. The number of unbranched alkanes of at least 4 members (excludes halogenated alkanes) is 1. The van der Waals surface area contributed by atoms with Crippen molar-refractivity contribution < 1.29 is 9.57 Å². The molecule has 0 spiro atoms. The minimum Gasteiger partial charge on any atom is -0.490 e. The molecule has 1 rings (SSSR count). The highest BCUT2D eigenvalue weighted by atomic mass is 35.5. The second-order valence-electron chi connectivity index (χ2n) is 2.98. The normalized spacial score (nSPS) is 10.3. The summed E-state index contributed by atoms with van der Waals surface area (Å²) in [6.07, 6.45) is 1.69. The summed E-state index contributed by atoms with van der Waals surface area (Å²) in [6, 6.07) is 5.26. The maximum Gasteiger partial charge on any atom is 0.156 e. The Hall–Kier alpha value is -0.480. The van der Waals surface area contributed by atoms with Crippen LogP contribution in [0.5, 0.6) is 5.75 Å². The van der Waals surface area contributed by atoms with Crippen molar-refractivity contribution in [2.45, 2.75) is 12.8 Å². The first-order valence-corrected chi connectivity index (χ1v) is 5.40. The number of benzene rings is 1. The summed E-state index contributed by atoms with van der Waals surface area (Å²) in [6.45, 7) is 1.08. The van der Waals surface area contributed by atoms with Gasteiger partial charge >= 0.3 is 0 Å². The molecule has 0 saturated heterocycles. The molecule has 0 radical (unpaired) electrons. The average Bonchev–Trinajstić information content (AvgIpc) is 2.21. The van der Waals surface area contributed by atoms with Gasteiger partial charge < -0.3 is 9.57 Å². The smallest absolute Gasteiger partial charge is 0.156 e. The first kappa shape index (κ1) is 12.6. The van der Waals surface area contributed by atoms with Crippen LogP contribution in [0, 0.1) is 0 Å². The molecule has 0 bridgehead atoms. The van der Waals surface area contributed by atoms with Crippen LogP contribution in [0.1, 0.15) is 12.8 Å². The Bertz CT molecular complexity index is 287. The molecule has 0 unspecified atom stereocenters. The highest BCUT2D eigenvalue weighted by Gasteiger charge is 2.05. The number of hydrogen-bond acceptors (Lipinski definition) is 3.